The van der Waals surface area contributed by atoms with Crippen LogP contribution >= 0.6 is 0 Å². The van der Waals surface area contributed by atoms with Crippen LogP contribution in [0.1, 0.15) is 5.56 Å². The van der Waals surface area contributed by atoms with Gasteiger partial charge in [0, 0.05) is 13.6 Å². The van der Waals surface area contributed by atoms with Gasteiger partial charge in [0.15, 0.2) is 11.5 Å². The quantitative estimate of drug-likeness (QED) is 0.927. The highest BCUT2D eigenvalue weighted by Crippen LogP contribution is 2.32. The zero-order chi connectivity index (χ0) is 14.8. The molecule has 0 unspecified atom stereocenters. The van der Waals surface area contributed by atoms with Gasteiger partial charge in [-0.3, -0.25) is 0 Å². The molecule has 0 fully saturated rings. The molecule has 0 radical (unpaired) electrons. The molecule has 0 bridgehead atoms. The summed E-state index contributed by atoms with van der Waals surface area (Å²) in [6, 6.07) is 4.32. The third kappa shape index (κ3) is 3.69. The summed E-state index contributed by atoms with van der Waals surface area (Å²) in [5, 5.41) is 1.80. The van der Waals surface area contributed by atoms with Crippen LogP contribution in [0, 0.1) is 0 Å². The van der Waals surface area contributed by atoms with Crippen LogP contribution in [0.5, 0.6) is 11.5 Å². The molecule has 0 atom stereocenters. The molecule has 0 aliphatic carbocycles. The van der Waals surface area contributed by atoms with Crippen molar-refractivity contribution in [3.05, 3.63) is 23.8 Å². The molecule has 1 N–H and O–H groups in total. The van der Waals surface area contributed by atoms with Gasteiger partial charge in [-0.1, -0.05) is 6.07 Å². The van der Waals surface area contributed by atoms with E-state index in [0.717, 1.165) is 10.5 Å². The molecule has 1 aromatic carbocycles. The highest BCUT2D eigenvalue weighted by Gasteiger charge is 2.28. The third-order valence-electron chi connectivity index (χ3n) is 2.64. The standard InChI is InChI=1S/C12H13F3N2O3/c1-17(11(18)16-6-12(13,14)15)5-8-2-3-9-10(4-8)20-7-19-9/h2-4H,5-7H2,1H3,(H,16,18). The van der Waals surface area contributed by atoms with E-state index in [0.29, 0.717) is 11.5 Å². The summed E-state index contributed by atoms with van der Waals surface area (Å²) >= 11 is 0. The summed E-state index contributed by atoms with van der Waals surface area (Å²) in [6.45, 7) is -1.04. The number of amides is 2. The van der Waals surface area contributed by atoms with E-state index in [-0.39, 0.29) is 13.3 Å². The lowest BCUT2D eigenvalue weighted by Crippen LogP contribution is -2.41. The van der Waals surface area contributed by atoms with Gasteiger partial charge in [0.25, 0.3) is 0 Å². The van der Waals surface area contributed by atoms with Crippen LogP contribution in [0.15, 0.2) is 18.2 Å². The van der Waals surface area contributed by atoms with Gasteiger partial charge < -0.3 is 19.7 Å². The molecule has 5 nitrogen and oxygen atoms in total. The number of nitrogens with one attached hydrogen (secondary N) is 1. The van der Waals surface area contributed by atoms with Gasteiger partial charge in [-0.25, -0.2) is 4.79 Å². The van der Waals surface area contributed by atoms with Crippen molar-refractivity contribution in [1.82, 2.24) is 10.2 Å². The minimum atomic E-state index is -4.42. The molecule has 20 heavy (non-hydrogen) atoms. The summed E-state index contributed by atoms with van der Waals surface area (Å²) in [7, 11) is 1.41. The Morgan fingerprint density at radius 2 is 2.05 bits per heavy atom. The molecule has 0 saturated carbocycles. The lowest BCUT2D eigenvalue weighted by molar-refractivity contribution is -0.123. The minimum absolute atomic E-state index is 0.140. The Morgan fingerprint density at radius 1 is 1.35 bits per heavy atom. The number of carbonyl (C=O) groups excluding carboxylic acids is 1. The Hall–Kier alpha value is -2.12. The molecule has 1 aromatic rings. The van der Waals surface area contributed by atoms with Gasteiger partial charge in [0.1, 0.15) is 6.54 Å². The zero-order valence-electron chi connectivity index (χ0n) is 10.7. The molecule has 8 heteroatoms. The first-order valence-electron chi connectivity index (χ1n) is 5.79. The number of rotatable bonds is 3. The molecule has 1 aliphatic rings. The largest absolute Gasteiger partial charge is 0.454 e. The zero-order valence-corrected chi connectivity index (χ0v) is 10.7. The van der Waals surface area contributed by atoms with Crippen molar-refractivity contribution < 1.29 is 27.4 Å². The molecular weight excluding hydrogens is 277 g/mol. The highest BCUT2D eigenvalue weighted by atomic mass is 19.4. The Kier molecular flexibility index (Phi) is 3.91. The van der Waals surface area contributed by atoms with Gasteiger partial charge in [0.05, 0.1) is 0 Å². The van der Waals surface area contributed by atoms with E-state index in [1.807, 2.05) is 0 Å². The van der Waals surface area contributed by atoms with E-state index in [9.17, 15) is 18.0 Å². The maximum atomic E-state index is 12.0. The van der Waals surface area contributed by atoms with Gasteiger partial charge in [-0.15, -0.1) is 0 Å². The van der Waals surface area contributed by atoms with Crippen molar-refractivity contribution in [2.45, 2.75) is 12.7 Å². The monoisotopic (exact) mass is 290 g/mol. The molecule has 0 spiro atoms. The molecule has 0 aromatic heterocycles. The summed E-state index contributed by atoms with van der Waals surface area (Å²) in [5.41, 5.74) is 0.735. The first-order valence-corrected chi connectivity index (χ1v) is 5.79. The molecule has 1 heterocycles. The first-order chi connectivity index (χ1) is 9.35. The number of hydrogen-bond acceptors (Lipinski definition) is 3. The van der Waals surface area contributed by atoms with Crippen molar-refractivity contribution in [2.24, 2.45) is 0 Å². The van der Waals surface area contributed by atoms with Crippen LogP contribution < -0.4 is 14.8 Å². The number of carbonyl (C=O) groups is 1. The predicted molar refractivity (Wildman–Crippen MR) is 63.5 cm³/mol. The fourth-order valence-electron chi connectivity index (χ4n) is 1.70. The van der Waals surface area contributed by atoms with Crippen LogP contribution in [0.25, 0.3) is 0 Å². The Bertz CT molecular complexity index is 505. The lowest BCUT2D eigenvalue weighted by atomic mass is 10.2. The van der Waals surface area contributed by atoms with E-state index >= 15 is 0 Å². The summed E-state index contributed by atoms with van der Waals surface area (Å²) in [5.74, 6) is 1.17. The van der Waals surface area contributed by atoms with Gasteiger partial charge >= 0.3 is 12.2 Å². The van der Waals surface area contributed by atoms with Crippen LogP contribution in [0.3, 0.4) is 0 Å². The predicted octanol–water partition coefficient (Wildman–Crippen LogP) is 2.12. The van der Waals surface area contributed by atoms with Crippen molar-refractivity contribution in [2.75, 3.05) is 20.4 Å². The van der Waals surface area contributed by atoms with E-state index in [1.165, 1.54) is 7.05 Å². The van der Waals surface area contributed by atoms with Gasteiger partial charge in [0.2, 0.25) is 6.79 Å². The number of hydrogen-bond donors (Lipinski definition) is 1. The fraction of sp³-hybridized carbons (Fsp3) is 0.417. The summed E-state index contributed by atoms with van der Waals surface area (Å²) < 4.78 is 46.3. The maximum Gasteiger partial charge on any atom is 0.405 e. The van der Waals surface area contributed by atoms with Crippen LogP contribution in [-0.4, -0.2) is 37.5 Å². The van der Waals surface area contributed by atoms with Crippen molar-refractivity contribution in [1.29, 1.82) is 0 Å². The Labute approximate surface area is 113 Å². The van der Waals surface area contributed by atoms with Crippen LogP contribution in [-0.2, 0) is 6.54 Å². The van der Waals surface area contributed by atoms with Gasteiger partial charge in [-0.2, -0.15) is 13.2 Å². The van der Waals surface area contributed by atoms with E-state index in [1.54, 1.807) is 23.5 Å². The lowest BCUT2D eigenvalue weighted by Gasteiger charge is -2.18. The van der Waals surface area contributed by atoms with Crippen molar-refractivity contribution >= 4 is 6.03 Å². The molecule has 2 amide bonds. The molecule has 1 aliphatic heterocycles. The number of benzene rings is 1. The molecule has 0 saturated heterocycles. The smallest absolute Gasteiger partial charge is 0.405 e. The fourth-order valence-corrected chi connectivity index (χ4v) is 1.70. The molecule has 2 rings (SSSR count). The number of fused-ring (bicyclic) bond motifs is 1. The topological polar surface area (TPSA) is 50.8 Å². The average Bonchev–Trinajstić information content (AvgIpc) is 2.82. The van der Waals surface area contributed by atoms with E-state index < -0.39 is 18.8 Å². The highest BCUT2D eigenvalue weighted by molar-refractivity contribution is 5.73. The molecule has 110 valence electrons. The molecular formula is C12H13F3N2O3. The maximum absolute atomic E-state index is 12.0. The second kappa shape index (κ2) is 5.48. The summed E-state index contributed by atoms with van der Waals surface area (Å²) in [4.78, 5) is 12.6. The number of alkyl halides is 3. The number of ether oxygens (including phenoxy) is 2. The number of urea groups is 1. The van der Waals surface area contributed by atoms with E-state index in [2.05, 4.69) is 0 Å². The Morgan fingerprint density at radius 3 is 2.75 bits per heavy atom. The Balaban J connectivity index is 1.90. The van der Waals surface area contributed by atoms with Crippen LogP contribution in [0.2, 0.25) is 0 Å². The van der Waals surface area contributed by atoms with Crippen molar-refractivity contribution in [3.8, 4) is 11.5 Å². The summed E-state index contributed by atoms with van der Waals surface area (Å²) in [6.07, 6.45) is -4.42. The third-order valence-corrected chi connectivity index (χ3v) is 2.64. The first kappa shape index (κ1) is 14.3. The van der Waals surface area contributed by atoms with E-state index in [4.69, 9.17) is 9.47 Å². The van der Waals surface area contributed by atoms with Crippen LogP contribution in [0.4, 0.5) is 18.0 Å². The normalized spacial score (nSPS) is 13.2. The van der Waals surface area contributed by atoms with Crippen molar-refractivity contribution in [3.63, 3.8) is 0 Å². The number of nitrogens with zero attached hydrogens (tertiary/aromatic N) is 1. The second-order valence-electron chi connectivity index (χ2n) is 4.32. The van der Waals surface area contributed by atoms with Gasteiger partial charge in [-0.05, 0) is 17.7 Å². The SMILES string of the molecule is CN(Cc1ccc2c(c1)OCO2)C(=O)NCC(F)(F)F. The average molecular weight is 290 g/mol. The minimum Gasteiger partial charge on any atom is -0.454 e. The number of halogens is 3. The second-order valence-corrected chi connectivity index (χ2v) is 4.32.